The molecule has 4 nitrogen and oxygen atoms in total. The van der Waals surface area contributed by atoms with E-state index in [1.165, 1.54) is 33.4 Å². The molecule has 1 fully saturated rings. The van der Waals surface area contributed by atoms with Crippen LogP contribution in [-0.4, -0.2) is 38.3 Å². The van der Waals surface area contributed by atoms with Crippen molar-refractivity contribution < 1.29 is 4.74 Å². The highest BCUT2D eigenvalue weighted by Crippen LogP contribution is 2.33. The molecule has 2 aliphatic heterocycles. The molecular weight excluding hydrogens is 390 g/mol. The zero-order chi connectivity index (χ0) is 20.3. The molecule has 158 valence electrons. The topological polar surface area (TPSA) is 36.5 Å². The van der Waals surface area contributed by atoms with E-state index in [4.69, 9.17) is 4.74 Å². The lowest BCUT2D eigenvalue weighted by Crippen LogP contribution is -2.51. The molecule has 0 saturated carbocycles. The Labute approximate surface area is 183 Å². The molecule has 5 rings (SSSR count). The number of aryl methyl sites for hydroxylation is 1. The van der Waals surface area contributed by atoms with E-state index >= 15 is 0 Å². The number of rotatable bonds is 6. The van der Waals surface area contributed by atoms with Crippen LogP contribution < -0.4 is 20.3 Å². The van der Waals surface area contributed by atoms with E-state index in [2.05, 4.69) is 70.3 Å². The van der Waals surface area contributed by atoms with Crippen molar-refractivity contribution in [1.29, 1.82) is 0 Å². The third-order valence-electron chi connectivity index (χ3n) is 6.41. The first-order valence-corrected chi connectivity index (χ1v) is 12.1. The second-order valence-corrected chi connectivity index (χ2v) is 9.50. The second-order valence-electron chi connectivity index (χ2n) is 8.55. The third kappa shape index (κ3) is 4.14. The molecule has 2 atom stereocenters. The van der Waals surface area contributed by atoms with Gasteiger partial charge in [-0.25, -0.2) is 0 Å². The molecule has 0 spiro atoms. The number of nitrogens with one attached hydrogen (secondary N) is 2. The number of benzene rings is 2. The van der Waals surface area contributed by atoms with Gasteiger partial charge in [-0.2, -0.15) is 0 Å². The lowest BCUT2D eigenvalue weighted by Gasteiger charge is -2.38. The maximum atomic E-state index is 6.12. The van der Waals surface area contributed by atoms with Crippen LogP contribution in [0.5, 0.6) is 5.75 Å². The number of hydrogen-bond acceptors (Lipinski definition) is 5. The molecule has 1 aromatic heterocycles. The lowest BCUT2D eigenvalue weighted by atomic mass is 9.99. The molecule has 0 bridgehead atoms. The van der Waals surface area contributed by atoms with Crippen LogP contribution in [-0.2, 0) is 6.42 Å². The summed E-state index contributed by atoms with van der Waals surface area (Å²) >= 11 is 1.83. The van der Waals surface area contributed by atoms with E-state index in [1.807, 2.05) is 11.3 Å². The summed E-state index contributed by atoms with van der Waals surface area (Å²) in [5, 5.41) is 10.8. The fourth-order valence-corrected chi connectivity index (χ4v) is 5.59. The van der Waals surface area contributed by atoms with Gasteiger partial charge < -0.3 is 20.3 Å². The van der Waals surface area contributed by atoms with Crippen LogP contribution in [0.15, 0.2) is 47.8 Å². The summed E-state index contributed by atoms with van der Waals surface area (Å²) in [6.45, 7) is 6.17. The first-order valence-electron chi connectivity index (χ1n) is 11.2. The van der Waals surface area contributed by atoms with Crippen molar-refractivity contribution >= 4 is 32.8 Å². The van der Waals surface area contributed by atoms with Gasteiger partial charge in [0.05, 0.1) is 6.61 Å². The molecule has 2 unspecified atom stereocenters. The molecule has 2 aromatic carbocycles. The van der Waals surface area contributed by atoms with Crippen LogP contribution in [0, 0.1) is 0 Å². The molecule has 30 heavy (non-hydrogen) atoms. The Morgan fingerprint density at radius 2 is 2.17 bits per heavy atom. The summed E-state index contributed by atoms with van der Waals surface area (Å²) in [4.78, 5) is 2.61. The summed E-state index contributed by atoms with van der Waals surface area (Å²) < 4.78 is 7.50. The fraction of sp³-hybridized carbons (Fsp3) is 0.440. The van der Waals surface area contributed by atoms with Gasteiger partial charge in [-0.05, 0) is 67.8 Å². The van der Waals surface area contributed by atoms with Crippen molar-refractivity contribution in [2.45, 2.75) is 44.7 Å². The fourth-order valence-electron chi connectivity index (χ4n) is 4.78. The highest BCUT2D eigenvalue weighted by molar-refractivity contribution is 7.17. The number of nitrogens with zero attached hydrogens (tertiary/aromatic N) is 1. The van der Waals surface area contributed by atoms with Gasteiger partial charge in [0.2, 0.25) is 0 Å². The summed E-state index contributed by atoms with van der Waals surface area (Å²) in [6, 6.07) is 16.6. The predicted octanol–water partition coefficient (Wildman–Crippen LogP) is 5.29. The first-order chi connectivity index (χ1) is 14.8. The molecule has 3 heterocycles. The molecule has 2 N–H and O–H groups in total. The average molecular weight is 422 g/mol. The van der Waals surface area contributed by atoms with Crippen LogP contribution in [0.25, 0.3) is 10.1 Å². The van der Waals surface area contributed by atoms with E-state index in [-0.39, 0.29) is 0 Å². The van der Waals surface area contributed by atoms with Gasteiger partial charge in [0.25, 0.3) is 0 Å². The number of hydrogen-bond donors (Lipinski definition) is 2. The number of ether oxygens (including phenoxy) is 1. The van der Waals surface area contributed by atoms with Crippen molar-refractivity contribution in [3.63, 3.8) is 0 Å². The van der Waals surface area contributed by atoms with Crippen molar-refractivity contribution in [2.24, 2.45) is 0 Å². The summed E-state index contributed by atoms with van der Waals surface area (Å²) in [7, 11) is 0. The normalized spacial score (nSPS) is 21.3. The van der Waals surface area contributed by atoms with Crippen molar-refractivity contribution in [1.82, 2.24) is 5.32 Å². The minimum atomic E-state index is 0.513. The zero-order valence-corrected chi connectivity index (χ0v) is 18.5. The Bertz CT molecular complexity index is 1000. The van der Waals surface area contributed by atoms with Gasteiger partial charge in [0.15, 0.2) is 0 Å². The minimum Gasteiger partial charge on any atom is -0.494 e. The third-order valence-corrected chi connectivity index (χ3v) is 7.29. The van der Waals surface area contributed by atoms with Gasteiger partial charge in [-0.3, -0.25) is 0 Å². The van der Waals surface area contributed by atoms with Crippen molar-refractivity contribution in [3.8, 4) is 5.75 Å². The summed E-state index contributed by atoms with van der Waals surface area (Å²) in [6.07, 6.45) is 4.56. The zero-order valence-electron chi connectivity index (χ0n) is 17.7. The molecule has 0 amide bonds. The Kier molecular flexibility index (Phi) is 5.82. The van der Waals surface area contributed by atoms with E-state index in [9.17, 15) is 0 Å². The Balaban J connectivity index is 1.19. The standard InChI is InChI=1S/C25H31N3OS/c1-18-7-8-19-9-10-21(16-23(19)27-18)29-14-3-4-20-17-26-12-13-28(20)24-5-2-6-25-22(24)11-15-30-25/h2,5-6,9-11,15-16,18,20,26-27H,3-4,7-8,12-14,17H2,1H3. The Hall–Kier alpha value is -2.24. The highest BCUT2D eigenvalue weighted by atomic mass is 32.1. The van der Waals surface area contributed by atoms with Crippen LogP contribution in [0.3, 0.4) is 0 Å². The maximum absolute atomic E-state index is 6.12. The summed E-state index contributed by atoms with van der Waals surface area (Å²) in [5.41, 5.74) is 4.04. The van der Waals surface area contributed by atoms with E-state index < -0.39 is 0 Å². The van der Waals surface area contributed by atoms with E-state index in [0.29, 0.717) is 12.1 Å². The molecule has 3 aromatic rings. The minimum absolute atomic E-state index is 0.513. The molecule has 1 saturated heterocycles. The lowest BCUT2D eigenvalue weighted by molar-refractivity contribution is 0.296. The van der Waals surface area contributed by atoms with Crippen LogP contribution in [0.2, 0.25) is 0 Å². The Morgan fingerprint density at radius 1 is 1.20 bits per heavy atom. The molecular formula is C25H31N3OS. The Morgan fingerprint density at radius 3 is 3.13 bits per heavy atom. The van der Waals surface area contributed by atoms with E-state index in [1.54, 1.807) is 0 Å². The van der Waals surface area contributed by atoms with Gasteiger partial charge >= 0.3 is 0 Å². The molecule has 5 heteroatoms. The number of piperazine rings is 1. The summed E-state index contributed by atoms with van der Waals surface area (Å²) in [5.74, 6) is 0.983. The smallest absolute Gasteiger partial charge is 0.121 e. The van der Waals surface area contributed by atoms with Gasteiger partial charge in [0, 0.05) is 59.2 Å². The van der Waals surface area contributed by atoms with Crippen molar-refractivity contribution in [3.05, 3.63) is 53.4 Å². The SMILES string of the molecule is CC1CCc2ccc(OCCCC3CNCCN3c3cccc4sccc34)cc2N1. The molecule has 2 aliphatic rings. The van der Waals surface area contributed by atoms with Crippen LogP contribution >= 0.6 is 11.3 Å². The predicted molar refractivity (Wildman–Crippen MR) is 128 cm³/mol. The van der Waals surface area contributed by atoms with Gasteiger partial charge in [-0.1, -0.05) is 12.1 Å². The molecule has 0 radical (unpaired) electrons. The van der Waals surface area contributed by atoms with Crippen LogP contribution in [0.4, 0.5) is 11.4 Å². The number of thiophene rings is 1. The quantitative estimate of drug-likeness (QED) is 0.531. The van der Waals surface area contributed by atoms with E-state index in [0.717, 1.165) is 51.3 Å². The van der Waals surface area contributed by atoms with Crippen LogP contribution in [0.1, 0.15) is 31.7 Å². The average Bonchev–Trinajstić information content (AvgIpc) is 3.26. The van der Waals surface area contributed by atoms with Crippen molar-refractivity contribution in [2.75, 3.05) is 36.5 Å². The van der Waals surface area contributed by atoms with Gasteiger partial charge in [0.1, 0.15) is 5.75 Å². The number of fused-ring (bicyclic) bond motifs is 2. The number of anilines is 2. The maximum Gasteiger partial charge on any atom is 0.121 e. The monoisotopic (exact) mass is 421 g/mol. The molecule has 0 aliphatic carbocycles. The largest absolute Gasteiger partial charge is 0.494 e. The first kappa shape index (κ1) is 19.7. The highest BCUT2D eigenvalue weighted by Gasteiger charge is 2.23. The second kappa shape index (κ2) is 8.86. The van der Waals surface area contributed by atoms with Gasteiger partial charge in [-0.15, -0.1) is 11.3 Å².